The summed E-state index contributed by atoms with van der Waals surface area (Å²) in [5.41, 5.74) is 0. The molecule has 6 nitrogen and oxygen atoms in total. The van der Waals surface area contributed by atoms with Gasteiger partial charge in [0, 0.05) is 32.6 Å². The lowest BCUT2D eigenvalue weighted by molar-refractivity contribution is -0.140. The minimum absolute atomic E-state index is 0.157. The Morgan fingerprint density at radius 3 is 2.24 bits per heavy atom. The van der Waals surface area contributed by atoms with Gasteiger partial charge in [-0.1, -0.05) is 0 Å². The molecule has 21 heavy (non-hydrogen) atoms. The number of amides is 2. The second kappa shape index (κ2) is 7.75. The van der Waals surface area contributed by atoms with E-state index in [0.717, 1.165) is 19.5 Å². The summed E-state index contributed by atoms with van der Waals surface area (Å²) in [4.78, 5) is 29.8. The number of hydrogen-bond acceptors (Lipinski definition) is 4. The van der Waals surface area contributed by atoms with Gasteiger partial charge in [0.15, 0.2) is 0 Å². The molecule has 2 heterocycles. The van der Waals surface area contributed by atoms with Crippen molar-refractivity contribution in [3.05, 3.63) is 0 Å². The highest BCUT2D eigenvalue weighted by atomic mass is 16.2. The van der Waals surface area contributed by atoms with E-state index in [2.05, 4.69) is 5.32 Å². The molecule has 2 aliphatic heterocycles. The van der Waals surface area contributed by atoms with Crippen LogP contribution in [0.15, 0.2) is 0 Å². The van der Waals surface area contributed by atoms with Gasteiger partial charge in [-0.25, -0.2) is 0 Å². The lowest BCUT2D eigenvalue weighted by atomic mass is 10.0. The largest absolute Gasteiger partial charge is 0.339 e. The molecule has 0 aromatic rings. The van der Waals surface area contributed by atoms with Gasteiger partial charge in [-0.3, -0.25) is 9.59 Å². The first kappa shape index (κ1) is 16.2. The van der Waals surface area contributed by atoms with Crippen molar-refractivity contribution < 1.29 is 9.59 Å². The maximum atomic E-state index is 12.2. The highest BCUT2D eigenvalue weighted by Gasteiger charge is 2.25. The first-order valence-electron chi connectivity index (χ1n) is 7.97. The van der Waals surface area contributed by atoms with Gasteiger partial charge in [0.2, 0.25) is 11.8 Å². The quantitative estimate of drug-likeness (QED) is 0.751. The number of piperazine rings is 1. The second-order valence-electron chi connectivity index (χ2n) is 6.40. The minimum Gasteiger partial charge on any atom is -0.339 e. The van der Waals surface area contributed by atoms with Crippen LogP contribution in [-0.2, 0) is 9.59 Å². The SMILES string of the molecule is CN(C)CC(=O)N1CCN(C(=O)CCC2CCNC2)CC1. The molecular formula is C15H28N4O2. The van der Waals surface area contributed by atoms with Crippen LogP contribution in [-0.4, -0.2) is 86.4 Å². The minimum atomic E-state index is 0.157. The fourth-order valence-corrected chi connectivity index (χ4v) is 3.02. The molecule has 0 saturated carbocycles. The molecular weight excluding hydrogens is 268 g/mol. The van der Waals surface area contributed by atoms with Crippen LogP contribution >= 0.6 is 0 Å². The molecule has 0 spiro atoms. The predicted octanol–water partition coefficient (Wildman–Crippen LogP) is -0.391. The Morgan fingerprint density at radius 2 is 1.71 bits per heavy atom. The monoisotopic (exact) mass is 296 g/mol. The van der Waals surface area contributed by atoms with Crippen LogP contribution in [0.1, 0.15) is 19.3 Å². The van der Waals surface area contributed by atoms with Gasteiger partial charge in [0.25, 0.3) is 0 Å². The predicted molar refractivity (Wildman–Crippen MR) is 81.9 cm³/mol. The maximum absolute atomic E-state index is 12.2. The molecule has 2 fully saturated rings. The molecule has 2 rings (SSSR count). The molecule has 2 amide bonds. The summed E-state index contributed by atoms with van der Waals surface area (Å²) in [6.07, 6.45) is 2.84. The first-order valence-corrected chi connectivity index (χ1v) is 7.97. The lowest BCUT2D eigenvalue weighted by Gasteiger charge is -2.35. The molecule has 0 aliphatic carbocycles. The van der Waals surface area contributed by atoms with Crippen molar-refractivity contribution in [2.24, 2.45) is 5.92 Å². The fraction of sp³-hybridized carbons (Fsp3) is 0.867. The second-order valence-corrected chi connectivity index (χ2v) is 6.40. The molecule has 0 bridgehead atoms. The molecule has 2 saturated heterocycles. The molecule has 120 valence electrons. The van der Waals surface area contributed by atoms with Crippen LogP contribution in [0.3, 0.4) is 0 Å². The van der Waals surface area contributed by atoms with Crippen molar-refractivity contribution >= 4 is 11.8 Å². The first-order chi connectivity index (χ1) is 10.1. The van der Waals surface area contributed by atoms with Crippen LogP contribution in [0, 0.1) is 5.92 Å². The molecule has 0 aromatic carbocycles. The van der Waals surface area contributed by atoms with Gasteiger partial charge >= 0.3 is 0 Å². The number of carbonyl (C=O) groups is 2. The van der Waals surface area contributed by atoms with E-state index < -0.39 is 0 Å². The smallest absolute Gasteiger partial charge is 0.236 e. The highest BCUT2D eigenvalue weighted by Crippen LogP contribution is 2.15. The molecule has 2 aliphatic rings. The van der Waals surface area contributed by atoms with Gasteiger partial charge in [-0.05, 0) is 45.9 Å². The lowest BCUT2D eigenvalue weighted by Crippen LogP contribution is -2.52. The van der Waals surface area contributed by atoms with Gasteiger partial charge in [0.1, 0.15) is 0 Å². The zero-order valence-electron chi connectivity index (χ0n) is 13.3. The Balaban J connectivity index is 1.67. The van der Waals surface area contributed by atoms with Gasteiger partial charge in [-0.15, -0.1) is 0 Å². The van der Waals surface area contributed by atoms with E-state index in [1.165, 1.54) is 6.42 Å². The normalized spacial score (nSPS) is 22.9. The van der Waals surface area contributed by atoms with E-state index in [9.17, 15) is 9.59 Å². The Hall–Kier alpha value is -1.14. The third-order valence-electron chi connectivity index (χ3n) is 4.37. The van der Waals surface area contributed by atoms with Crippen molar-refractivity contribution in [1.29, 1.82) is 0 Å². The van der Waals surface area contributed by atoms with Crippen LogP contribution in [0.2, 0.25) is 0 Å². The maximum Gasteiger partial charge on any atom is 0.236 e. The van der Waals surface area contributed by atoms with Gasteiger partial charge in [-0.2, -0.15) is 0 Å². The molecule has 1 unspecified atom stereocenters. The number of hydrogen-bond donors (Lipinski definition) is 1. The average molecular weight is 296 g/mol. The average Bonchev–Trinajstić information content (AvgIpc) is 2.97. The number of nitrogens with one attached hydrogen (secondary N) is 1. The van der Waals surface area contributed by atoms with Crippen molar-refractivity contribution in [2.45, 2.75) is 19.3 Å². The van der Waals surface area contributed by atoms with Crippen LogP contribution in [0.4, 0.5) is 0 Å². The summed E-state index contributed by atoms with van der Waals surface area (Å²) in [7, 11) is 3.80. The third-order valence-corrected chi connectivity index (χ3v) is 4.37. The zero-order chi connectivity index (χ0) is 15.2. The summed E-state index contributed by atoms with van der Waals surface area (Å²) in [5, 5.41) is 3.34. The topological polar surface area (TPSA) is 55.9 Å². The number of likely N-dealkylation sites (N-methyl/N-ethyl adjacent to an activating group) is 1. The summed E-state index contributed by atoms with van der Waals surface area (Å²) in [6, 6.07) is 0. The van der Waals surface area contributed by atoms with Gasteiger partial charge < -0.3 is 20.0 Å². The summed E-state index contributed by atoms with van der Waals surface area (Å²) in [5.74, 6) is 1.07. The van der Waals surface area contributed by atoms with Crippen molar-refractivity contribution in [2.75, 3.05) is 59.9 Å². The molecule has 1 atom stereocenters. The number of carbonyl (C=O) groups excluding carboxylic acids is 2. The summed E-state index contributed by atoms with van der Waals surface area (Å²) in [6.45, 7) is 5.29. The number of rotatable bonds is 5. The summed E-state index contributed by atoms with van der Waals surface area (Å²) < 4.78 is 0. The van der Waals surface area contributed by atoms with E-state index in [1.807, 2.05) is 28.8 Å². The highest BCUT2D eigenvalue weighted by molar-refractivity contribution is 5.79. The Kier molecular flexibility index (Phi) is 5.99. The molecule has 0 radical (unpaired) electrons. The van der Waals surface area contributed by atoms with Crippen LogP contribution < -0.4 is 5.32 Å². The Bertz CT molecular complexity index is 359. The van der Waals surface area contributed by atoms with Crippen LogP contribution in [0.5, 0.6) is 0 Å². The molecule has 0 aromatic heterocycles. The molecule has 1 N–H and O–H groups in total. The third kappa shape index (κ3) is 4.97. The summed E-state index contributed by atoms with van der Waals surface area (Å²) >= 11 is 0. The standard InChI is InChI=1S/C15H28N4O2/c1-17(2)12-15(21)19-9-7-18(8-10-19)14(20)4-3-13-5-6-16-11-13/h13,16H,3-12H2,1-2H3. The van der Waals surface area contributed by atoms with Crippen molar-refractivity contribution in [3.8, 4) is 0 Å². The van der Waals surface area contributed by atoms with E-state index in [0.29, 0.717) is 45.1 Å². The van der Waals surface area contributed by atoms with E-state index in [-0.39, 0.29) is 11.8 Å². The van der Waals surface area contributed by atoms with E-state index in [4.69, 9.17) is 0 Å². The van der Waals surface area contributed by atoms with Crippen molar-refractivity contribution in [3.63, 3.8) is 0 Å². The van der Waals surface area contributed by atoms with E-state index >= 15 is 0 Å². The van der Waals surface area contributed by atoms with Crippen LogP contribution in [0.25, 0.3) is 0 Å². The Labute approximate surface area is 127 Å². The van der Waals surface area contributed by atoms with Gasteiger partial charge in [0.05, 0.1) is 6.54 Å². The Morgan fingerprint density at radius 1 is 1.10 bits per heavy atom. The van der Waals surface area contributed by atoms with Crippen molar-refractivity contribution in [1.82, 2.24) is 20.0 Å². The fourth-order valence-electron chi connectivity index (χ4n) is 3.02. The zero-order valence-corrected chi connectivity index (χ0v) is 13.3. The molecule has 6 heteroatoms. The van der Waals surface area contributed by atoms with E-state index in [1.54, 1.807) is 0 Å². The number of nitrogens with zero attached hydrogens (tertiary/aromatic N) is 3.